The molecule has 2 N–H and O–H groups in total. The number of amides is 1. The molecule has 1 amide bonds. The second-order valence-corrected chi connectivity index (χ2v) is 3.76. The van der Waals surface area contributed by atoms with Gasteiger partial charge in [0.05, 0.1) is 11.8 Å². The molecule has 0 atom stereocenters. The Balaban J connectivity index is 2.31. The highest BCUT2D eigenvalue weighted by molar-refractivity contribution is 6.06. The van der Waals surface area contributed by atoms with Crippen LogP contribution in [-0.2, 0) is 7.05 Å². The number of phenols is 1. The van der Waals surface area contributed by atoms with E-state index in [1.54, 1.807) is 7.05 Å². The molecule has 0 spiro atoms. The highest BCUT2D eigenvalue weighted by Crippen LogP contribution is 2.20. The lowest BCUT2D eigenvalue weighted by Crippen LogP contribution is -2.15. The lowest BCUT2D eigenvalue weighted by atomic mass is 10.2. The van der Waals surface area contributed by atoms with Crippen molar-refractivity contribution in [3.63, 3.8) is 0 Å². The van der Waals surface area contributed by atoms with Crippen molar-refractivity contribution < 1.29 is 14.3 Å². The molecule has 6 nitrogen and oxygen atoms in total. The maximum atomic E-state index is 12.8. The number of nitrogens with zero attached hydrogens (tertiary/aromatic N) is 3. The molecule has 1 heterocycles. The van der Waals surface area contributed by atoms with Gasteiger partial charge in [0.15, 0.2) is 0 Å². The van der Waals surface area contributed by atoms with E-state index in [4.69, 9.17) is 5.26 Å². The standard InChI is InChI=1S/C12H9FN4O2/c1-17-11(7(5-14)6-15-17)16-12(19)9-3-2-8(13)4-10(9)18/h2-4,6,18H,1H3,(H,16,19). The molecule has 0 saturated carbocycles. The quantitative estimate of drug-likeness (QED) is 0.853. The first-order valence-corrected chi connectivity index (χ1v) is 5.25. The van der Waals surface area contributed by atoms with Crippen LogP contribution in [0.5, 0.6) is 5.75 Å². The number of benzene rings is 1. The summed E-state index contributed by atoms with van der Waals surface area (Å²) >= 11 is 0. The van der Waals surface area contributed by atoms with Gasteiger partial charge in [-0.3, -0.25) is 9.48 Å². The van der Waals surface area contributed by atoms with E-state index in [1.807, 2.05) is 6.07 Å². The summed E-state index contributed by atoms with van der Waals surface area (Å²) in [5.41, 5.74) is 0.101. The molecule has 7 heteroatoms. The third-order valence-electron chi connectivity index (χ3n) is 2.50. The van der Waals surface area contributed by atoms with Crippen LogP contribution < -0.4 is 5.32 Å². The van der Waals surface area contributed by atoms with Crippen LogP contribution in [-0.4, -0.2) is 20.8 Å². The van der Waals surface area contributed by atoms with E-state index < -0.39 is 17.5 Å². The molecule has 0 radical (unpaired) electrons. The summed E-state index contributed by atoms with van der Waals surface area (Å²) in [6.07, 6.45) is 1.31. The third kappa shape index (κ3) is 2.37. The van der Waals surface area contributed by atoms with Crippen LogP contribution in [0.15, 0.2) is 24.4 Å². The third-order valence-corrected chi connectivity index (χ3v) is 2.50. The van der Waals surface area contributed by atoms with Gasteiger partial charge in [-0.05, 0) is 12.1 Å². The minimum atomic E-state index is -0.655. The van der Waals surface area contributed by atoms with E-state index in [-0.39, 0.29) is 16.9 Å². The van der Waals surface area contributed by atoms with Gasteiger partial charge in [0.2, 0.25) is 0 Å². The smallest absolute Gasteiger partial charge is 0.260 e. The van der Waals surface area contributed by atoms with Gasteiger partial charge in [-0.25, -0.2) is 4.39 Å². The molecule has 1 aromatic carbocycles. The summed E-state index contributed by atoms with van der Waals surface area (Å²) in [5, 5.41) is 24.6. The number of phenolic OH excluding ortho intramolecular Hbond substituents is 1. The van der Waals surface area contributed by atoms with Crippen LogP contribution in [0.3, 0.4) is 0 Å². The van der Waals surface area contributed by atoms with Crippen LogP contribution in [0, 0.1) is 17.1 Å². The lowest BCUT2D eigenvalue weighted by molar-refractivity contribution is 0.102. The topological polar surface area (TPSA) is 90.9 Å². The molecule has 2 rings (SSSR count). The summed E-state index contributed by atoms with van der Waals surface area (Å²) in [4.78, 5) is 11.9. The molecule has 1 aromatic heterocycles. The number of halogens is 1. The van der Waals surface area contributed by atoms with Gasteiger partial charge in [-0.2, -0.15) is 10.4 Å². The van der Waals surface area contributed by atoms with Crippen molar-refractivity contribution in [2.45, 2.75) is 0 Å². The zero-order valence-electron chi connectivity index (χ0n) is 9.88. The highest BCUT2D eigenvalue weighted by atomic mass is 19.1. The van der Waals surface area contributed by atoms with E-state index in [9.17, 15) is 14.3 Å². The maximum absolute atomic E-state index is 12.8. The number of aryl methyl sites for hydroxylation is 1. The summed E-state index contributed by atoms with van der Waals surface area (Å²) in [5.74, 6) is -1.57. The maximum Gasteiger partial charge on any atom is 0.260 e. The molecule has 0 aliphatic rings. The second kappa shape index (κ2) is 4.78. The highest BCUT2D eigenvalue weighted by Gasteiger charge is 2.16. The number of carbonyl (C=O) groups excluding carboxylic acids is 1. The van der Waals surface area contributed by atoms with E-state index in [0.29, 0.717) is 0 Å². The van der Waals surface area contributed by atoms with Crippen molar-refractivity contribution in [3.05, 3.63) is 41.3 Å². The largest absolute Gasteiger partial charge is 0.507 e. The molecule has 96 valence electrons. The summed E-state index contributed by atoms with van der Waals surface area (Å²) in [6.45, 7) is 0. The van der Waals surface area contributed by atoms with Crippen molar-refractivity contribution in [2.75, 3.05) is 5.32 Å². The Morgan fingerprint density at radius 2 is 2.32 bits per heavy atom. The van der Waals surface area contributed by atoms with Gasteiger partial charge in [-0.15, -0.1) is 0 Å². The minimum Gasteiger partial charge on any atom is -0.507 e. The van der Waals surface area contributed by atoms with Crippen LogP contribution >= 0.6 is 0 Å². The van der Waals surface area contributed by atoms with Gasteiger partial charge in [0, 0.05) is 13.1 Å². The first kappa shape index (κ1) is 12.6. The molecule has 0 bridgehead atoms. The Bertz CT molecular complexity index is 688. The predicted octanol–water partition coefficient (Wildman–Crippen LogP) is 1.39. The number of aromatic hydroxyl groups is 1. The zero-order valence-corrected chi connectivity index (χ0v) is 9.88. The van der Waals surface area contributed by atoms with Crippen LogP contribution in [0.2, 0.25) is 0 Å². The van der Waals surface area contributed by atoms with E-state index in [0.717, 1.165) is 18.2 Å². The van der Waals surface area contributed by atoms with Gasteiger partial charge in [-0.1, -0.05) is 0 Å². The number of anilines is 1. The summed E-state index contributed by atoms with van der Waals surface area (Å²) in [6, 6.07) is 4.93. The van der Waals surface area contributed by atoms with Crippen LogP contribution in [0.4, 0.5) is 10.2 Å². The summed E-state index contributed by atoms with van der Waals surface area (Å²) in [7, 11) is 1.56. The van der Waals surface area contributed by atoms with Gasteiger partial charge < -0.3 is 10.4 Å². The normalized spacial score (nSPS) is 9.95. The van der Waals surface area contributed by atoms with Crippen LogP contribution in [0.25, 0.3) is 0 Å². The molecule has 2 aromatic rings. The predicted molar refractivity (Wildman–Crippen MR) is 63.9 cm³/mol. The fourth-order valence-electron chi connectivity index (χ4n) is 1.54. The number of hydrogen-bond acceptors (Lipinski definition) is 4. The number of carbonyl (C=O) groups is 1. The second-order valence-electron chi connectivity index (χ2n) is 3.76. The number of rotatable bonds is 2. The molecule has 19 heavy (non-hydrogen) atoms. The molecule has 0 saturated heterocycles. The molecule has 0 unspecified atom stereocenters. The fraction of sp³-hybridized carbons (Fsp3) is 0.0833. The zero-order chi connectivity index (χ0) is 14.0. The van der Waals surface area contributed by atoms with Gasteiger partial charge in [0.25, 0.3) is 5.91 Å². The molecule has 0 aliphatic carbocycles. The molecule has 0 fully saturated rings. The number of nitrogens with one attached hydrogen (secondary N) is 1. The van der Waals surface area contributed by atoms with Crippen molar-refractivity contribution in [1.82, 2.24) is 9.78 Å². The Hall–Kier alpha value is -2.88. The van der Waals surface area contributed by atoms with Gasteiger partial charge in [0.1, 0.15) is 29.0 Å². The SMILES string of the molecule is Cn1ncc(C#N)c1NC(=O)c1ccc(F)cc1O. The van der Waals surface area contributed by atoms with Crippen molar-refractivity contribution in [1.29, 1.82) is 5.26 Å². The lowest BCUT2D eigenvalue weighted by Gasteiger charge is -2.07. The summed E-state index contributed by atoms with van der Waals surface area (Å²) < 4.78 is 14.1. The van der Waals surface area contributed by atoms with Crippen molar-refractivity contribution in [2.24, 2.45) is 7.05 Å². The number of nitriles is 1. The van der Waals surface area contributed by atoms with Crippen molar-refractivity contribution >= 4 is 11.7 Å². The van der Waals surface area contributed by atoms with E-state index in [1.165, 1.54) is 10.9 Å². The molecular formula is C12H9FN4O2. The molecular weight excluding hydrogens is 251 g/mol. The fourth-order valence-corrected chi connectivity index (χ4v) is 1.54. The van der Waals surface area contributed by atoms with Crippen LogP contribution in [0.1, 0.15) is 15.9 Å². The first-order valence-electron chi connectivity index (χ1n) is 5.25. The average molecular weight is 260 g/mol. The van der Waals surface area contributed by atoms with E-state index in [2.05, 4.69) is 10.4 Å². The number of aromatic nitrogens is 2. The average Bonchev–Trinajstić information content (AvgIpc) is 2.70. The molecule has 0 aliphatic heterocycles. The Labute approximate surface area is 107 Å². The Morgan fingerprint density at radius 1 is 1.58 bits per heavy atom. The number of hydrogen-bond donors (Lipinski definition) is 2. The van der Waals surface area contributed by atoms with E-state index >= 15 is 0 Å². The monoisotopic (exact) mass is 260 g/mol. The Kier molecular flexibility index (Phi) is 3.16. The minimum absolute atomic E-state index is 0.0912. The van der Waals surface area contributed by atoms with Crippen molar-refractivity contribution in [3.8, 4) is 11.8 Å². The first-order chi connectivity index (χ1) is 9.02. The Morgan fingerprint density at radius 3 is 2.95 bits per heavy atom. The van der Waals surface area contributed by atoms with Gasteiger partial charge >= 0.3 is 0 Å².